The number of Topliss-reactive ketones (excluding diaryl/α,β-unsaturated/α-hetero) is 2. The molecule has 0 aliphatic heterocycles. The SMILES string of the molecule is Cc1[nH]c2ccccc2c1C(=O)[C@H](C)OC(=O)C[C@H]1C(=O)C[C@@H](C)[C@H]1C[N+](=O)[O-]. The smallest absolute Gasteiger partial charge is 0.307 e. The summed E-state index contributed by atoms with van der Waals surface area (Å²) in [5.74, 6) is -2.57. The number of carbonyl (C=O) groups excluding carboxylic acids is 3. The molecule has 1 N–H and O–H groups in total. The number of carbonyl (C=O) groups is 3. The van der Waals surface area contributed by atoms with Crippen LogP contribution in [-0.2, 0) is 14.3 Å². The van der Waals surface area contributed by atoms with Crippen molar-refractivity contribution in [3.05, 3.63) is 45.6 Å². The second-order valence-corrected chi connectivity index (χ2v) is 7.80. The van der Waals surface area contributed by atoms with Crippen LogP contribution in [0.3, 0.4) is 0 Å². The molecule has 3 rings (SSSR count). The van der Waals surface area contributed by atoms with Gasteiger partial charge in [-0.1, -0.05) is 25.1 Å². The van der Waals surface area contributed by atoms with E-state index in [1.807, 2.05) is 24.3 Å². The van der Waals surface area contributed by atoms with Crippen LogP contribution in [-0.4, -0.2) is 40.1 Å². The summed E-state index contributed by atoms with van der Waals surface area (Å²) in [4.78, 5) is 51.1. The molecular formula is C21H24N2O6. The van der Waals surface area contributed by atoms with Gasteiger partial charge in [0.25, 0.3) is 0 Å². The molecule has 1 saturated carbocycles. The minimum absolute atomic E-state index is 0.154. The van der Waals surface area contributed by atoms with Crippen molar-refractivity contribution in [2.75, 3.05) is 6.54 Å². The molecule has 8 nitrogen and oxygen atoms in total. The summed E-state index contributed by atoms with van der Waals surface area (Å²) >= 11 is 0. The number of aromatic nitrogens is 1. The summed E-state index contributed by atoms with van der Waals surface area (Å²) in [6.07, 6.45) is -1.05. The number of fused-ring (bicyclic) bond motifs is 1. The van der Waals surface area contributed by atoms with Crippen LogP contribution in [0.2, 0.25) is 0 Å². The van der Waals surface area contributed by atoms with E-state index in [0.29, 0.717) is 11.3 Å². The van der Waals surface area contributed by atoms with E-state index in [-0.39, 0.29) is 36.9 Å². The lowest BCUT2D eigenvalue weighted by atomic mass is 9.88. The van der Waals surface area contributed by atoms with Gasteiger partial charge in [-0.2, -0.15) is 0 Å². The van der Waals surface area contributed by atoms with Crippen LogP contribution in [0.1, 0.15) is 42.7 Å². The Morgan fingerprint density at radius 1 is 1.34 bits per heavy atom. The molecule has 2 aromatic rings. The Kier molecular flexibility index (Phi) is 5.81. The largest absolute Gasteiger partial charge is 0.454 e. The van der Waals surface area contributed by atoms with Crippen LogP contribution < -0.4 is 0 Å². The molecule has 4 atom stereocenters. The van der Waals surface area contributed by atoms with Crippen molar-refractivity contribution in [3.63, 3.8) is 0 Å². The molecule has 1 aromatic heterocycles. The summed E-state index contributed by atoms with van der Waals surface area (Å²) < 4.78 is 5.31. The number of para-hydroxylation sites is 1. The molecule has 0 bridgehead atoms. The van der Waals surface area contributed by atoms with E-state index in [9.17, 15) is 24.5 Å². The minimum atomic E-state index is -1.02. The first-order chi connectivity index (χ1) is 13.7. The molecule has 1 fully saturated rings. The number of H-pyrrole nitrogens is 1. The van der Waals surface area contributed by atoms with Crippen LogP contribution >= 0.6 is 0 Å². The third-order valence-corrected chi connectivity index (χ3v) is 5.75. The average molecular weight is 400 g/mol. The lowest BCUT2D eigenvalue weighted by Gasteiger charge is -2.18. The van der Waals surface area contributed by atoms with E-state index in [1.54, 1.807) is 13.8 Å². The lowest BCUT2D eigenvalue weighted by Crippen LogP contribution is -2.30. The molecule has 1 aliphatic carbocycles. The first-order valence-electron chi connectivity index (χ1n) is 9.64. The number of benzene rings is 1. The van der Waals surface area contributed by atoms with Gasteiger partial charge in [0, 0.05) is 45.3 Å². The fraction of sp³-hybridized carbons (Fsp3) is 0.476. The number of aromatic amines is 1. The van der Waals surface area contributed by atoms with E-state index in [1.165, 1.54) is 6.92 Å². The normalized spacial score (nSPS) is 22.6. The molecular weight excluding hydrogens is 376 g/mol. The second-order valence-electron chi connectivity index (χ2n) is 7.80. The zero-order valence-electron chi connectivity index (χ0n) is 16.6. The maximum Gasteiger partial charge on any atom is 0.307 e. The zero-order valence-corrected chi connectivity index (χ0v) is 16.6. The quantitative estimate of drug-likeness (QED) is 0.330. The van der Waals surface area contributed by atoms with Crippen molar-refractivity contribution in [1.82, 2.24) is 4.98 Å². The number of aryl methyl sites for hydroxylation is 1. The number of hydrogen-bond donors (Lipinski definition) is 1. The van der Waals surface area contributed by atoms with Gasteiger partial charge in [0.15, 0.2) is 6.10 Å². The Morgan fingerprint density at radius 2 is 2.03 bits per heavy atom. The van der Waals surface area contributed by atoms with Gasteiger partial charge < -0.3 is 9.72 Å². The van der Waals surface area contributed by atoms with Gasteiger partial charge >= 0.3 is 5.97 Å². The van der Waals surface area contributed by atoms with E-state index in [2.05, 4.69) is 4.98 Å². The number of nitro groups is 1. The van der Waals surface area contributed by atoms with E-state index in [4.69, 9.17) is 4.74 Å². The Hall–Kier alpha value is -3.03. The monoisotopic (exact) mass is 400 g/mol. The van der Waals surface area contributed by atoms with Gasteiger partial charge in [0.2, 0.25) is 12.3 Å². The average Bonchev–Trinajstić information content (AvgIpc) is 3.10. The van der Waals surface area contributed by atoms with Gasteiger partial charge in [-0.3, -0.25) is 24.5 Å². The first kappa shape index (κ1) is 20.7. The number of esters is 1. The van der Waals surface area contributed by atoms with Crippen molar-refractivity contribution in [2.24, 2.45) is 17.8 Å². The van der Waals surface area contributed by atoms with Crippen LogP contribution in [0.25, 0.3) is 10.9 Å². The summed E-state index contributed by atoms with van der Waals surface area (Å²) in [5.41, 5.74) is 1.97. The van der Waals surface area contributed by atoms with Crippen LogP contribution in [0.5, 0.6) is 0 Å². The predicted octanol–water partition coefficient (Wildman–Crippen LogP) is 3.10. The van der Waals surface area contributed by atoms with Crippen molar-refractivity contribution in [1.29, 1.82) is 0 Å². The summed E-state index contributed by atoms with van der Waals surface area (Å²) in [5, 5.41) is 11.7. The fourth-order valence-corrected chi connectivity index (χ4v) is 4.28. The second kappa shape index (κ2) is 8.14. The van der Waals surface area contributed by atoms with Crippen LogP contribution in [0.15, 0.2) is 24.3 Å². The third-order valence-electron chi connectivity index (χ3n) is 5.75. The molecule has 0 unspecified atom stereocenters. The highest BCUT2D eigenvalue weighted by atomic mass is 16.6. The van der Waals surface area contributed by atoms with E-state index in [0.717, 1.165) is 10.9 Å². The maximum absolute atomic E-state index is 12.9. The highest BCUT2D eigenvalue weighted by Gasteiger charge is 2.44. The molecule has 154 valence electrons. The van der Waals surface area contributed by atoms with Crippen LogP contribution in [0, 0.1) is 34.8 Å². The zero-order chi connectivity index (χ0) is 21.3. The molecule has 0 amide bonds. The van der Waals surface area contributed by atoms with Gasteiger partial charge in [0.05, 0.1) is 6.42 Å². The molecule has 29 heavy (non-hydrogen) atoms. The molecule has 1 heterocycles. The maximum atomic E-state index is 12.9. The van der Waals surface area contributed by atoms with Crippen molar-refractivity contribution in [2.45, 2.75) is 39.7 Å². The Balaban J connectivity index is 1.70. The van der Waals surface area contributed by atoms with Crippen molar-refractivity contribution in [3.8, 4) is 0 Å². The lowest BCUT2D eigenvalue weighted by molar-refractivity contribution is -0.490. The Morgan fingerprint density at radius 3 is 2.72 bits per heavy atom. The molecule has 0 saturated heterocycles. The number of hydrogen-bond acceptors (Lipinski definition) is 6. The summed E-state index contributed by atoms with van der Waals surface area (Å²) in [7, 11) is 0. The van der Waals surface area contributed by atoms with Crippen LogP contribution in [0.4, 0.5) is 0 Å². The highest BCUT2D eigenvalue weighted by molar-refractivity contribution is 6.11. The van der Waals surface area contributed by atoms with Crippen molar-refractivity contribution >= 4 is 28.4 Å². The molecule has 1 aliphatic rings. The minimum Gasteiger partial charge on any atom is -0.454 e. The fourth-order valence-electron chi connectivity index (χ4n) is 4.28. The van der Waals surface area contributed by atoms with E-state index < -0.39 is 28.8 Å². The number of rotatable bonds is 7. The van der Waals surface area contributed by atoms with Gasteiger partial charge in [-0.25, -0.2) is 0 Å². The number of ketones is 2. The molecule has 8 heteroatoms. The van der Waals surface area contributed by atoms with E-state index >= 15 is 0 Å². The predicted molar refractivity (Wildman–Crippen MR) is 105 cm³/mol. The number of nitrogens with zero attached hydrogens (tertiary/aromatic N) is 1. The third kappa shape index (κ3) is 4.21. The van der Waals surface area contributed by atoms with Gasteiger partial charge in [-0.05, 0) is 25.8 Å². The standard InChI is InChI=1S/C21H24N2O6/c1-11-8-18(24)15(16(11)10-23(27)28)9-19(25)29-13(3)21(26)20-12(2)22-17-7-5-4-6-14(17)20/h4-7,11,13,15-16,22H,8-10H2,1-3H3/t11-,13+,15-,16-/m1/s1. The number of ether oxygens (including phenoxy) is 1. The topological polar surface area (TPSA) is 119 Å². The molecule has 0 spiro atoms. The molecule has 1 aromatic carbocycles. The first-order valence-corrected chi connectivity index (χ1v) is 9.64. The summed E-state index contributed by atoms with van der Waals surface area (Å²) in [6, 6.07) is 7.36. The molecule has 0 radical (unpaired) electrons. The summed E-state index contributed by atoms with van der Waals surface area (Å²) in [6.45, 7) is 4.70. The Labute approximate surface area is 167 Å². The van der Waals surface area contributed by atoms with Gasteiger partial charge in [0.1, 0.15) is 5.78 Å². The highest BCUT2D eigenvalue weighted by Crippen LogP contribution is 2.36. The van der Waals surface area contributed by atoms with Crippen molar-refractivity contribution < 1.29 is 24.0 Å². The Bertz CT molecular complexity index is 979. The van der Waals surface area contributed by atoms with Gasteiger partial charge in [-0.15, -0.1) is 0 Å². The number of nitrogens with one attached hydrogen (secondary N) is 1.